The molecule has 0 heterocycles. The summed E-state index contributed by atoms with van der Waals surface area (Å²) in [5.74, 6) is -0.229. The van der Waals surface area contributed by atoms with Gasteiger partial charge in [-0.25, -0.2) is 4.79 Å². The lowest BCUT2D eigenvalue weighted by Crippen LogP contribution is -2.11. The Labute approximate surface area is 79.6 Å². The van der Waals surface area contributed by atoms with Gasteiger partial charge in [0, 0.05) is 6.08 Å². The summed E-state index contributed by atoms with van der Waals surface area (Å²) >= 11 is 0. The van der Waals surface area contributed by atoms with Crippen LogP contribution in [-0.2, 0) is 4.79 Å². The van der Waals surface area contributed by atoms with Crippen molar-refractivity contribution in [2.24, 2.45) is 5.92 Å². The van der Waals surface area contributed by atoms with E-state index in [-0.39, 0.29) is 0 Å². The summed E-state index contributed by atoms with van der Waals surface area (Å²) in [4.78, 5) is 10.5. The lowest BCUT2D eigenvalue weighted by molar-refractivity contribution is -0.131. The van der Waals surface area contributed by atoms with Crippen LogP contribution in [0.4, 0.5) is 0 Å². The van der Waals surface area contributed by atoms with Crippen LogP contribution in [-0.4, -0.2) is 11.1 Å². The third kappa shape index (κ3) is 3.21. The lowest BCUT2D eigenvalue weighted by Gasteiger charge is -2.24. The van der Waals surface area contributed by atoms with Crippen LogP contribution in [0, 0.1) is 5.92 Å². The molecule has 0 saturated heterocycles. The van der Waals surface area contributed by atoms with E-state index in [0.29, 0.717) is 5.92 Å². The van der Waals surface area contributed by atoms with Crippen LogP contribution >= 0.6 is 0 Å². The van der Waals surface area contributed by atoms with E-state index >= 15 is 0 Å². The van der Waals surface area contributed by atoms with Gasteiger partial charge < -0.3 is 5.11 Å². The van der Waals surface area contributed by atoms with Crippen molar-refractivity contribution < 1.29 is 9.90 Å². The van der Waals surface area contributed by atoms with Crippen molar-refractivity contribution in [3.05, 3.63) is 11.6 Å². The molecule has 0 amide bonds. The minimum Gasteiger partial charge on any atom is -0.478 e. The number of hydrogen-bond donors (Lipinski definition) is 1. The number of rotatable bonds is 3. The van der Waals surface area contributed by atoms with E-state index < -0.39 is 5.97 Å². The van der Waals surface area contributed by atoms with Gasteiger partial charge in [0.1, 0.15) is 0 Å². The average Bonchev–Trinajstić information content (AvgIpc) is 2.08. The molecule has 1 aliphatic rings. The maximum absolute atomic E-state index is 10.5. The fraction of sp³-hybridized carbons (Fsp3) is 0.727. The Morgan fingerprint density at radius 3 is 3.00 bits per heavy atom. The molecular formula is C11H18O2. The van der Waals surface area contributed by atoms with Gasteiger partial charge in [-0.05, 0) is 31.6 Å². The van der Waals surface area contributed by atoms with E-state index in [1.807, 2.05) is 0 Å². The third-order valence-corrected chi connectivity index (χ3v) is 2.74. The van der Waals surface area contributed by atoms with Crippen LogP contribution < -0.4 is 0 Å². The first-order valence-corrected chi connectivity index (χ1v) is 5.17. The minimum atomic E-state index is -0.780. The summed E-state index contributed by atoms with van der Waals surface area (Å²) in [5, 5.41) is 8.68. The van der Waals surface area contributed by atoms with E-state index in [1.54, 1.807) is 0 Å². The predicted octanol–water partition coefficient (Wildman–Crippen LogP) is 2.99. The quantitative estimate of drug-likeness (QED) is 0.681. The first-order chi connectivity index (χ1) is 6.24. The van der Waals surface area contributed by atoms with Crippen LogP contribution in [0.5, 0.6) is 0 Å². The monoisotopic (exact) mass is 182 g/mol. The van der Waals surface area contributed by atoms with Crippen molar-refractivity contribution in [3.63, 3.8) is 0 Å². The Hall–Kier alpha value is -0.790. The smallest absolute Gasteiger partial charge is 0.328 e. The van der Waals surface area contributed by atoms with Gasteiger partial charge in [-0.1, -0.05) is 25.3 Å². The molecule has 0 aromatic heterocycles. The lowest BCUT2D eigenvalue weighted by atomic mass is 9.81. The molecule has 1 atom stereocenters. The highest BCUT2D eigenvalue weighted by Crippen LogP contribution is 2.32. The Kier molecular flexibility index (Phi) is 4.00. The highest BCUT2D eigenvalue weighted by atomic mass is 16.4. The Balaban J connectivity index is 2.61. The number of aliphatic carboxylic acids is 1. The topological polar surface area (TPSA) is 37.3 Å². The zero-order chi connectivity index (χ0) is 9.68. The largest absolute Gasteiger partial charge is 0.478 e. The molecule has 13 heavy (non-hydrogen) atoms. The second-order valence-electron chi connectivity index (χ2n) is 3.79. The molecule has 1 unspecified atom stereocenters. The average molecular weight is 182 g/mol. The second-order valence-corrected chi connectivity index (χ2v) is 3.79. The number of carbonyl (C=O) groups is 1. The van der Waals surface area contributed by atoms with Crippen molar-refractivity contribution in [2.75, 3.05) is 0 Å². The highest BCUT2D eigenvalue weighted by molar-refractivity contribution is 5.80. The van der Waals surface area contributed by atoms with Gasteiger partial charge in [0.2, 0.25) is 0 Å². The van der Waals surface area contributed by atoms with Gasteiger partial charge in [-0.2, -0.15) is 0 Å². The molecule has 0 spiro atoms. The zero-order valence-electron chi connectivity index (χ0n) is 8.25. The summed E-state index contributed by atoms with van der Waals surface area (Å²) in [7, 11) is 0. The maximum atomic E-state index is 10.5. The Morgan fingerprint density at radius 1 is 1.62 bits per heavy atom. The minimum absolute atomic E-state index is 0.551. The van der Waals surface area contributed by atoms with Gasteiger partial charge in [0.15, 0.2) is 0 Å². The number of hydrogen-bond acceptors (Lipinski definition) is 1. The number of carboxylic acid groups (broad SMARTS) is 1. The molecule has 2 nitrogen and oxygen atoms in total. The highest BCUT2D eigenvalue weighted by Gasteiger charge is 2.18. The van der Waals surface area contributed by atoms with Crippen molar-refractivity contribution >= 4 is 5.97 Å². The van der Waals surface area contributed by atoms with Crippen molar-refractivity contribution in [1.29, 1.82) is 0 Å². The van der Waals surface area contributed by atoms with E-state index in [0.717, 1.165) is 19.3 Å². The van der Waals surface area contributed by atoms with Crippen LogP contribution in [0.1, 0.15) is 45.4 Å². The molecular weight excluding hydrogens is 164 g/mol. The van der Waals surface area contributed by atoms with Crippen molar-refractivity contribution in [1.82, 2.24) is 0 Å². The molecule has 1 N–H and O–H groups in total. The van der Waals surface area contributed by atoms with E-state index in [1.165, 1.54) is 30.9 Å². The summed E-state index contributed by atoms with van der Waals surface area (Å²) in [5.41, 5.74) is 1.17. The van der Waals surface area contributed by atoms with Gasteiger partial charge >= 0.3 is 5.97 Å². The van der Waals surface area contributed by atoms with E-state index in [4.69, 9.17) is 5.11 Å². The molecule has 2 heteroatoms. The van der Waals surface area contributed by atoms with Crippen LogP contribution in [0.3, 0.4) is 0 Å². The van der Waals surface area contributed by atoms with Crippen LogP contribution in [0.25, 0.3) is 0 Å². The zero-order valence-corrected chi connectivity index (χ0v) is 8.25. The van der Waals surface area contributed by atoms with Crippen molar-refractivity contribution in [3.8, 4) is 0 Å². The van der Waals surface area contributed by atoms with Crippen LogP contribution in [0.15, 0.2) is 11.6 Å². The molecule has 1 aliphatic carbocycles. The summed E-state index contributed by atoms with van der Waals surface area (Å²) in [6, 6.07) is 0. The van der Waals surface area contributed by atoms with E-state index in [2.05, 4.69) is 6.92 Å². The van der Waals surface area contributed by atoms with Gasteiger partial charge in [-0.3, -0.25) is 0 Å². The predicted molar refractivity (Wildman–Crippen MR) is 52.6 cm³/mol. The number of allylic oxidation sites excluding steroid dienone is 1. The fourth-order valence-corrected chi connectivity index (χ4v) is 2.14. The molecule has 0 aromatic rings. The SMILES string of the molecule is CCCC1CCCC/C1=C\C(=O)O. The summed E-state index contributed by atoms with van der Waals surface area (Å²) in [6.45, 7) is 2.16. The van der Waals surface area contributed by atoms with Crippen molar-refractivity contribution in [2.45, 2.75) is 45.4 Å². The van der Waals surface area contributed by atoms with E-state index in [9.17, 15) is 4.79 Å². The normalized spacial score (nSPS) is 26.2. The number of carboxylic acids is 1. The van der Waals surface area contributed by atoms with Gasteiger partial charge in [0.25, 0.3) is 0 Å². The second kappa shape index (κ2) is 5.05. The first-order valence-electron chi connectivity index (χ1n) is 5.17. The Bertz CT molecular complexity index is 204. The molecule has 1 saturated carbocycles. The molecule has 1 rings (SSSR count). The summed E-state index contributed by atoms with van der Waals surface area (Å²) < 4.78 is 0. The van der Waals surface area contributed by atoms with Gasteiger partial charge in [-0.15, -0.1) is 0 Å². The maximum Gasteiger partial charge on any atom is 0.328 e. The standard InChI is InChI=1S/C11H18O2/c1-2-5-9-6-3-4-7-10(9)8-11(12)13/h8-9H,2-7H2,1H3,(H,12,13)/b10-8+. The fourth-order valence-electron chi connectivity index (χ4n) is 2.14. The summed E-state index contributed by atoms with van der Waals surface area (Å²) in [6.07, 6.45) is 8.35. The van der Waals surface area contributed by atoms with Gasteiger partial charge in [0.05, 0.1) is 0 Å². The molecule has 1 fully saturated rings. The first kappa shape index (κ1) is 10.3. The molecule has 0 aliphatic heterocycles. The molecule has 0 aromatic carbocycles. The Morgan fingerprint density at radius 2 is 2.38 bits per heavy atom. The molecule has 0 bridgehead atoms. The molecule has 74 valence electrons. The molecule has 0 radical (unpaired) electrons. The third-order valence-electron chi connectivity index (χ3n) is 2.74. The van der Waals surface area contributed by atoms with Crippen LogP contribution in [0.2, 0.25) is 0 Å².